The van der Waals surface area contributed by atoms with Crippen LogP contribution in [0.1, 0.15) is 0 Å². The monoisotopic (exact) mass is 314 g/mol. The molecule has 4 aromatic carbocycles. The number of hydrogen-bond acceptors (Lipinski definition) is 4. The van der Waals surface area contributed by atoms with Crippen LogP contribution < -0.4 is 0 Å². The van der Waals surface area contributed by atoms with Gasteiger partial charge in [-0.05, 0) is 29.0 Å². The van der Waals surface area contributed by atoms with Gasteiger partial charge in [-0.25, -0.2) is 0 Å². The molecule has 0 bridgehead atoms. The molecule has 0 aromatic heterocycles. The molecular formula is C20H14N2O2. The van der Waals surface area contributed by atoms with E-state index in [0.29, 0.717) is 11.1 Å². The van der Waals surface area contributed by atoms with E-state index in [1.807, 2.05) is 48.5 Å². The molecule has 0 radical (unpaired) electrons. The van der Waals surface area contributed by atoms with E-state index in [4.69, 9.17) is 0 Å². The fourth-order valence-electron chi connectivity index (χ4n) is 2.81. The van der Waals surface area contributed by atoms with Gasteiger partial charge in [-0.15, -0.1) is 10.2 Å². The molecule has 4 aromatic rings. The van der Waals surface area contributed by atoms with Crippen molar-refractivity contribution in [2.45, 2.75) is 0 Å². The van der Waals surface area contributed by atoms with Crippen LogP contribution in [0.4, 0.5) is 11.4 Å². The predicted octanol–water partition coefficient (Wildman–Crippen LogP) is 5.82. The van der Waals surface area contributed by atoms with Crippen molar-refractivity contribution in [3.8, 4) is 11.5 Å². The lowest BCUT2D eigenvalue weighted by atomic mass is 10.1. The van der Waals surface area contributed by atoms with Gasteiger partial charge in [0.15, 0.2) is 5.75 Å². The van der Waals surface area contributed by atoms with Crippen molar-refractivity contribution in [2.24, 2.45) is 10.2 Å². The summed E-state index contributed by atoms with van der Waals surface area (Å²) in [6, 6.07) is 22.3. The summed E-state index contributed by atoms with van der Waals surface area (Å²) in [5.41, 5.74) is 1.04. The van der Waals surface area contributed by atoms with Crippen LogP contribution in [-0.2, 0) is 0 Å². The average molecular weight is 314 g/mol. The number of phenols is 2. The maximum absolute atomic E-state index is 10.4. The molecule has 0 aliphatic rings. The Bertz CT molecular complexity index is 1080. The van der Waals surface area contributed by atoms with Crippen molar-refractivity contribution in [1.29, 1.82) is 0 Å². The topological polar surface area (TPSA) is 65.2 Å². The Labute approximate surface area is 138 Å². The third-order valence-electron chi connectivity index (χ3n) is 4.01. The normalized spacial score (nSPS) is 11.5. The molecule has 0 fully saturated rings. The molecule has 0 aliphatic carbocycles. The summed E-state index contributed by atoms with van der Waals surface area (Å²) in [7, 11) is 0. The molecule has 0 spiro atoms. The summed E-state index contributed by atoms with van der Waals surface area (Å²) in [5.74, 6) is -0.0539. The summed E-state index contributed by atoms with van der Waals surface area (Å²) in [4.78, 5) is 0. The standard InChI is InChI=1S/C20H14N2O2/c23-18-10-4-7-14-11-12-17(20(24)19(14)18)22-21-16-9-3-6-13-5-1-2-8-15(13)16/h1-12,23-24H. The first-order chi connectivity index (χ1) is 11.7. The number of nitrogens with zero attached hydrogens (tertiary/aromatic N) is 2. The highest BCUT2D eigenvalue weighted by Crippen LogP contribution is 2.40. The molecule has 4 nitrogen and oxygen atoms in total. The molecule has 24 heavy (non-hydrogen) atoms. The molecule has 0 heterocycles. The second-order valence-electron chi connectivity index (χ2n) is 5.51. The van der Waals surface area contributed by atoms with Gasteiger partial charge in [-0.3, -0.25) is 0 Å². The van der Waals surface area contributed by atoms with E-state index >= 15 is 0 Å². The first kappa shape index (κ1) is 14.2. The van der Waals surface area contributed by atoms with Crippen molar-refractivity contribution < 1.29 is 10.2 Å². The molecule has 116 valence electrons. The third-order valence-corrected chi connectivity index (χ3v) is 4.01. The summed E-state index contributed by atoms with van der Waals surface area (Å²) in [5, 5.41) is 32.0. The first-order valence-electron chi connectivity index (χ1n) is 7.57. The lowest BCUT2D eigenvalue weighted by molar-refractivity contribution is 0.464. The zero-order valence-corrected chi connectivity index (χ0v) is 12.7. The number of benzene rings is 4. The second-order valence-corrected chi connectivity index (χ2v) is 5.51. The summed E-state index contributed by atoms with van der Waals surface area (Å²) >= 11 is 0. The predicted molar refractivity (Wildman–Crippen MR) is 95.4 cm³/mol. The van der Waals surface area contributed by atoms with Crippen molar-refractivity contribution >= 4 is 32.9 Å². The highest BCUT2D eigenvalue weighted by atomic mass is 16.3. The van der Waals surface area contributed by atoms with E-state index in [1.54, 1.807) is 18.2 Å². The van der Waals surface area contributed by atoms with Gasteiger partial charge in [-0.1, -0.05) is 54.6 Å². The smallest absolute Gasteiger partial charge is 0.154 e. The molecule has 0 saturated carbocycles. The van der Waals surface area contributed by atoms with Crippen LogP contribution in [0, 0.1) is 0 Å². The highest BCUT2D eigenvalue weighted by Gasteiger charge is 2.09. The number of azo groups is 1. The van der Waals surface area contributed by atoms with E-state index < -0.39 is 0 Å². The summed E-state index contributed by atoms with van der Waals surface area (Å²) in [6.45, 7) is 0. The SMILES string of the molecule is Oc1cccc2ccc(N=Nc3cccc4ccccc34)c(O)c12. The summed E-state index contributed by atoms with van der Waals surface area (Å²) in [6.07, 6.45) is 0. The first-order valence-corrected chi connectivity index (χ1v) is 7.57. The molecule has 4 heteroatoms. The fraction of sp³-hybridized carbons (Fsp3) is 0. The van der Waals surface area contributed by atoms with Crippen LogP contribution in [0.15, 0.2) is 83.0 Å². The lowest BCUT2D eigenvalue weighted by Crippen LogP contribution is -1.77. The van der Waals surface area contributed by atoms with Gasteiger partial charge in [0.2, 0.25) is 0 Å². The van der Waals surface area contributed by atoms with Crippen molar-refractivity contribution in [2.75, 3.05) is 0 Å². The fourth-order valence-corrected chi connectivity index (χ4v) is 2.81. The van der Waals surface area contributed by atoms with Gasteiger partial charge in [0, 0.05) is 5.39 Å². The van der Waals surface area contributed by atoms with Gasteiger partial charge in [0.05, 0.1) is 11.1 Å². The Morgan fingerprint density at radius 3 is 2.21 bits per heavy atom. The van der Waals surface area contributed by atoms with Gasteiger partial charge >= 0.3 is 0 Å². The average Bonchev–Trinajstić information content (AvgIpc) is 2.61. The van der Waals surface area contributed by atoms with E-state index in [-0.39, 0.29) is 11.5 Å². The van der Waals surface area contributed by atoms with Crippen LogP contribution in [0.3, 0.4) is 0 Å². The van der Waals surface area contributed by atoms with E-state index in [1.165, 1.54) is 6.07 Å². The van der Waals surface area contributed by atoms with Crippen LogP contribution in [0.5, 0.6) is 11.5 Å². The minimum Gasteiger partial charge on any atom is -0.507 e. The lowest BCUT2D eigenvalue weighted by Gasteiger charge is -2.05. The third kappa shape index (κ3) is 2.34. The maximum atomic E-state index is 10.4. The highest BCUT2D eigenvalue weighted by molar-refractivity contribution is 5.97. The number of aromatic hydroxyl groups is 2. The Balaban J connectivity index is 1.83. The minimum absolute atomic E-state index is 0.0206. The molecular weight excluding hydrogens is 300 g/mol. The molecule has 0 aliphatic heterocycles. The number of fused-ring (bicyclic) bond motifs is 2. The van der Waals surface area contributed by atoms with Crippen LogP contribution in [0.2, 0.25) is 0 Å². The van der Waals surface area contributed by atoms with Crippen LogP contribution in [-0.4, -0.2) is 10.2 Å². The van der Waals surface area contributed by atoms with Gasteiger partial charge in [-0.2, -0.15) is 0 Å². The Morgan fingerprint density at radius 2 is 1.29 bits per heavy atom. The zero-order chi connectivity index (χ0) is 16.5. The van der Waals surface area contributed by atoms with Crippen LogP contribution in [0.25, 0.3) is 21.5 Å². The minimum atomic E-state index is -0.0745. The van der Waals surface area contributed by atoms with Gasteiger partial charge in [0.25, 0.3) is 0 Å². The maximum Gasteiger partial charge on any atom is 0.154 e. The van der Waals surface area contributed by atoms with Crippen molar-refractivity contribution in [3.63, 3.8) is 0 Å². The second kappa shape index (κ2) is 5.66. The van der Waals surface area contributed by atoms with Gasteiger partial charge < -0.3 is 10.2 Å². The Kier molecular flexibility index (Phi) is 3.35. The van der Waals surface area contributed by atoms with Crippen LogP contribution >= 0.6 is 0 Å². The van der Waals surface area contributed by atoms with E-state index in [0.717, 1.165) is 21.8 Å². The molecule has 0 amide bonds. The molecule has 0 saturated heterocycles. The zero-order valence-electron chi connectivity index (χ0n) is 12.7. The molecule has 0 atom stereocenters. The van der Waals surface area contributed by atoms with E-state index in [2.05, 4.69) is 10.2 Å². The number of hydrogen-bond donors (Lipinski definition) is 2. The number of phenolic OH excluding ortho intramolecular Hbond substituents is 2. The largest absolute Gasteiger partial charge is 0.507 e. The molecule has 0 unspecified atom stereocenters. The number of rotatable bonds is 2. The molecule has 2 N–H and O–H groups in total. The van der Waals surface area contributed by atoms with Gasteiger partial charge in [0.1, 0.15) is 11.4 Å². The Morgan fingerprint density at radius 1 is 0.583 bits per heavy atom. The summed E-state index contributed by atoms with van der Waals surface area (Å²) < 4.78 is 0. The molecule has 4 rings (SSSR count). The quantitative estimate of drug-likeness (QED) is 0.458. The van der Waals surface area contributed by atoms with E-state index in [9.17, 15) is 10.2 Å². The van der Waals surface area contributed by atoms with Crippen molar-refractivity contribution in [1.82, 2.24) is 0 Å². The Hall–Kier alpha value is -3.40. The van der Waals surface area contributed by atoms with Crippen molar-refractivity contribution in [3.05, 3.63) is 72.8 Å².